The number of aromatic nitrogens is 1. The SMILES string of the molecule is CCNC(=NCCc1csc(-c2ccccc2)n1)NC1CCN(C(=O)C2CCCC2)C1.I. The molecular weight excluding hydrogens is 533 g/mol. The average Bonchev–Trinajstić information content (AvgIpc) is 3.56. The molecule has 0 radical (unpaired) electrons. The molecule has 1 aromatic carbocycles. The van der Waals surface area contributed by atoms with Crippen LogP contribution in [0.4, 0.5) is 0 Å². The zero-order valence-corrected chi connectivity index (χ0v) is 21.9. The summed E-state index contributed by atoms with van der Waals surface area (Å²) in [7, 11) is 0. The molecule has 6 nitrogen and oxygen atoms in total. The molecule has 1 atom stereocenters. The number of hydrogen-bond donors (Lipinski definition) is 2. The number of carbonyl (C=O) groups is 1. The van der Waals surface area contributed by atoms with Crippen LogP contribution in [0.15, 0.2) is 40.7 Å². The summed E-state index contributed by atoms with van der Waals surface area (Å²) in [6, 6.07) is 10.6. The summed E-state index contributed by atoms with van der Waals surface area (Å²) in [6.45, 7) is 5.22. The van der Waals surface area contributed by atoms with E-state index in [-0.39, 0.29) is 35.9 Å². The van der Waals surface area contributed by atoms with E-state index in [0.29, 0.717) is 12.5 Å². The molecule has 1 aromatic heterocycles. The summed E-state index contributed by atoms with van der Waals surface area (Å²) < 4.78 is 0. The van der Waals surface area contributed by atoms with Crippen molar-refractivity contribution in [2.75, 3.05) is 26.2 Å². The molecule has 32 heavy (non-hydrogen) atoms. The highest BCUT2D eigenvalue weighted by atomic mass is 127. The first-order chi connectivity index (χ1) is 15.2. The van der Waals surface area contributed by atoms with E-state index in [4.69, 9.17) is 9.98 Å². The third kappa shape index (κ3) is 6.66. The molecule has 2 aromatic rings. The number of likely N-dealkylation sites (tertiary alicyclic amines) is 1. The van der Waals surface area contributed by atoms with Gasteiger partial charge in [-0.3, -0.25) is 9.79 Å². The standard InChI is InChI=1S/C24H33N5OS.HI/c1-2-25-24(28-20-13-15-29(16-20)23(30)19-10-6-7-11-19)26-14-12-21-17-31-22(27-21)18-8-4-3-5-9-18;/h3-5,8-9,17,19-20H,2,6-7,10-16H2,1H3,(H2,25,26,28);1H. The molecule has 2 fully saturated rings. The Hall–Kier alpha value is -1.68. The van der Waals surface area contributed by atoms with Gasteiger partial charge in [-0.05, 0) is 26.2 Å². The normalized spacial score (nSPS) is 19.1. The first-order valence-electron chi connectivity index (χ1n) is 11.6. The van der Waals surface area contributed by atoms with E-state index in [2.05, 4.69) is 40.0 Å². The Morgan fingerprint density at radius 2 is 2.00 bits per heavy atom. The van der Waals surface area contributed by atoms with E-state index in [9.17, 15) is 4.79 Å². The Bertz CT molecular complexity index is 882. The van der Waals surface area contributed by atoms with Crippen molar-refractivity contribution < 1.29 is 4.79 Å². The van der Waals surface area contributed by atoms with E-state index >= 15 is 0 Å². The molecule has 2 N–H and O–H groups in total. The van der Waals surface area contributed by atoms with Crippen molar-refractivity contribution in [3.8, 4) is 10.6 Å². The molecule has 2 aliphatic rings. The number of nitrogens with zero attached hydrogens (tertiary/aromatic N) is 3. The maximum absolute atomic E-state index is 12.7. The van der Waals surface area contributed by atoms with Gasteiger partial charge in [-0.15, -0.1) is 35.3 Å². The van der Waals surface area contributed by atoms with Gasteiger partial charge in [-0.1, -0.05) is 43.2 Å². The predicted octanol–water partition coefficient (Wildman–Crippen LogP) is 4.32. The summed E-state index contributed by atoms with van der Waals surface area (Å²) in [5, 5.41) is 10.1. The highest BCUT2D eigenvalue weighted by Crippen LogP contribution is 2.28. The Morgan fingerprint density at radius 3 is 2.75 bits per heavy atom. The fourth-order valence-electron chi connectivity index (χ4n) is 4.44. The summed E-state index contributed by atoms with van der Waals surface area (Å²) in [5.74, 6) is 1.46. The molecule has 4 rings (SSSR count). The molecular formula is C24H34IN5OS. The van der Waals surface area contributed by atoms with Gasteiger partial charge in [0.1, 0.15) is 5.01 Å². The van der Waals surface area contributed by atoms with Crippen LogP contribution in [0, 0.1) is 5.92 Å². The van der Waals surface area contributed by atoms with Crippen molar-refractivity contribution in [3.05, 3.63) is 41.4 Å². The predicted molar refractivity (Wildman–Crippen MR) is 143 cm³/mol. The Kier molecular flexibility index (Phi) is 9.77. The highest BCUT2D eigenvalue weighted by molar-refractivity contribution is 14.0. The van der Waals surface area contributed by atoms with E-state index in [1.165, 1.54) is 12.8 Å². The minimum absolute atomic E-state index is 0. The minimum Gasteiger partial charge on any atom is -0.357 e. The van der Waals surface area contributed by atoms with Crippen LogP contribution in [-0.4, -0.2) is 54.0 Å². The Balaban J connectivity index is 0.00000289. The average molecular weight is 568 g/mol. The van der Waals surface area contributed by atoms with Crippen LogP contribution < -0.4 is 10.6 Å². The number of carbonyl (C=O) groups excluding carboxylic acids is 1. The monoisotopic (exact) mass is 567 g/mol. The van der Waals surface area contributed by atoms with Gasteiger partial charge in [0.15, 0.2) is 5.96 Å². The van der Waals surface area contributed by atoms with E-state index < -0.39 is 0 Å². The van der Waals surface area contributed by atoms with E-state index in [1.54, 1.807) is 11.3 Å². The lowest BCUT2D eigenvalue weighted by atomic mass is 10.1. The van der Waals surface area contributed by atoms with Crippen LogP contribution >= 0.6 is 35.3 Å². The lowest BCUT2D eigenvalue weighted by Crippen LogP contribution is -2.45. The summed E-state index contributed by atoms with van der Waals surface area (Å²) >= 11 is 1.68. The van der Waals surface area contributed by atoms with Crippen LogP contribution in [0.25, 0.3) is 10.6 Å². The zero-order chi connectivity index (χ0) is 21.5. The topological polar surface area (TPSA) is 69.6 Å². The van der Waals surface area contributed by atoms with Crippen LogP contribution in [0.1, 0.15) is 44.7 Å². The second-order valence-corrected chi connectivity index (χ2v) is 9.27. The third-order valence-electron chi connectivity index (χ3n) is 6.10. The number of guanidine groups is 1. The fraction of sp³-hybridized carbons (Fsp3) is 0.542. The van der Waals surface area contributed by atoms with E-state index in [0.717, 1.165) is 67.5 Å². The maximum atomic E-state index is 12.7. The van der Waals surface area contributed by atoms with Gasteiger partial charge in [0.2, 0.25) is 5.91 Å². The first-order valence-corrected chi connectivity index (χ1v) is 12.4. The molecule has 1 unspecified atom stereocenters. The molecule has 8 heteroatoms. The van der Waals surface area contributed by atoms with Gasteiger partial charge >= 0.3 is 0 Å². The lowest BCUT2D eigenvalue weighted by Gasteiger charge is -2.21. The molecule has 1 aliphatic carbocycles. The van der Waals surface area contributed by atoms with Crippen LogP contribution in [0.2, 0.25) is 0 Å². The number of rotatable bonds is 7. The Morgan fingerprint density at radius 1 is 1.22 bits per heavy atom. The summed E-state index contributed by atoms with van der Waals surface area (Å²) in [4.78, 5) is 24.3. The molecule has 1 aliphatic heterocycles. The van der Waals surface area contributed by atoms with Crippen LogP contribution in [0.3, 0.4) is 0 Å². The molecule has 1 amide bonds. The number of halogens is 1. The third-order valence-corrected chi connectivity index (χ3v) is 7.04. The van der Waals surface area contributed by atoms with Gasteiger partial charge in [-0.25, -0.2) is 4.98 Å². The smallest absolute Gasteiger partial charge is 0.225 e. The molecule has 0 bridgehead atoms. The quantitative estimate of drug-likeness (QED) is 0.297. The molecule has 2 heterocycles. The van der Waals surface area contributed by atoms with Gasteiger partial charge in [0.25, 0.3) is 0 Å². The molecule has 1 saturated heterocycles. The van der Waals surface area contributed by atoms with E-state index in [1.807, 2.05) is 18.2 Å². The van der Waals surface area contributed by atoms with Gasteiger partial charge in [0, 0.05) is 55.5 Å². The second-order valence-electron chi connectivity index (χ2n) is 8.42. The van der Waals surface area contributed by atoms with Gasteiger partial charge < -0.3 is 15.5 Å². The van der Waals surface area contributed by atoms with Crippen molar-refractivity contribution in [2.45, 2.75) is 51.5 Å². The Labute approximate surface area is 212 Å². The lowest BCUT2D eigenvalue weighted by molar-refractivity contribution is -0.134. The van der Waals surface area contributed by atoms with Crippen molar-refractivity contribution in [2.24, 2.45) is 10.9 Å². The number of amides is 1. The van der Waals surface area contributed by atoms with Crippen molar-refractivity contribution in [1.82, 2.24) is 20.5 Å². The highest BCUT2D eigenvalue weighted by Gasteiger charge is 2.32. The summed E-state index contributed by atoms with van der Waals surface area (Å²) in [6.07, 6.45) is 6.34. The first kappa shape index (κ1) is 25.0. The molecule has 174 valence electrons. The second kappa shape index (κ2) is 12.5. The summed E-state index contributed by atoms with van der Waals surface area (Å²) in [5.41, 5.74) is 2.24. The van der Waals surface area contributed by atoms with Gasteiger partial charge in [0.05, 0.1) is 5.69 Å². The fourth-order valence-corrected chi connectivity index (χ4v) is 5.30. The number of hydrogen-bond acceptors (Lipinski definition) is 4. The molecule has 1 saturated carbocycles. The van der Waals surface area contributed by atoms with Crippen molar-refractivity contribution >= 4 is 47.2 Å². The number of aliphatic imine (C=N–C) groups is 1. The number of nitrogens with one attached hydrogen (secondary N) is 2. The zero-order valence-electron chi connectivity index (χ0n) is 18.8. The minimum atomic E-state index is 0. The maximum Gasteiger partial charge on any atom is 0.225 e. The molecule has 0 spiro atoms. The van der Waals surface area contributed by atoms with Crippen molar-refractivity contribution in [3.63, 3.8) is 0 Å². The largest absolute Gasteiger partial charge is 0.357 e. The van der Waals surface area contributed by atoms with Crippen LogP contribution in [-0.2, 0) is 11.2 Å². The number of thiazole rings is 1. The van der Waals surface area contributed by atoms with Crippen LogP contribution in [0.5, 0.6) is 0 Å². The number of benzene rings is 1. The van der Waals surface area contributed by atoms with Crippen molar-refractivity contribution in [1.29, 1.82) is 0 Å². The van der Waals surface area contributed by atoms with Gasteiger partial charge in [-0.2, -0.15) is 0 Å².